The van der Waals surface area contributed by atoms with E-state index in [4.69, 9.17) is 23.1 Å². The Hall–Kier alpha value is -6.45. The summed E-state index contributed by atoms with van der Waals surface area (Å²) < 4.78 is 54.4. The number of amides is 3. The number of hydrogen-bond acceptors (Lipinski definition) is 16. The highest BCUT2D eigenvalue weighted by Crippen LogP contribution is 2.45. The molecule has 0 fully saturated rings. The van der Waals surface area contributed by atoms with Gasteiger partial charge in [-0.25, -0.2) is 0 Å². The van der Waals surface area contributed by atoms with E-state index in [0.717, 1.165) is 65.0 Å². The quantitative estimate of drug-likeness (QED) is 0.0359. The lowest BCUT2D eigenvalue weighted by Crippen LogP contribution is -2.41. The largest absolute Gasteiger partial charge is 0.493 e. The van der Waals surface area contributed by atoms with Crippen LogP contribution >= 0.6 is 21.6 Å². The fourth-order valence-electron chi connectivity index (χ4n) is 10.8. The summed E-state index contributed by atoms with van der Waals surface area (Å²) in [6.07, 6.45) is 2.28. The maximum atomic E-state index is 14.3. The van der Waals surface area contributed by atoms with E-state index in [2.05, 4.69) is 32.6 Å². The summed E-state index contributed by atoms with van der Waals surface area (Å²) in [5, 5.41) is 4.73. The van der Waals surface area contributed by atoms with E-state index in [-0.39, 0.29) is 62.4 Å². The summed E-state index contributed by atoms with van der Waals surface area (Å²) in [7, 11) is 7.04. The number of nitrogens with one attached hydrogen (secondary N) is 2. The summed E-state index contributed by atoms with van der Waals surface area (Å²) in [6, 6.07) is 28.8. The molecule has 5 aromatic carbocycles. The Morgan fingerprint density at radius 3 is 1.72 bits per heavy atom. The number of benzene rings is 5. The van der Waals surface area contributed by atoms with Crippen LogP contribution in [0.1, 0.15) is 83.0 Å². The lowest BCUT2D eigenvalue weighted by Gasteiger charge is -2.25. The van der Waals surface area contributed by atoms with Gasteiger partial charge in [0.2, 0.25) is 5.91 Å². The van der Waals surface area contributed by atoms with E-state index in [1.54, 1.807) is 26.4 Å². The number of rotatable bonds is 23. The molecule has 0 saturated carbocycles. The second kappa shape index (κ2) is 23.9. The van der Waals surface area contributed by atoms with Crippen LogP contribution < -0.4 is 49.2 Å². The van der Waals surface area contributed by atoms with Crippen LogP contribution in [0.2, 0.25) is 0 Å². The van der Waals surface area contributed by atoms with Gasteiger partial charge >= 0.3 is 0 Å². The Morgan fingerprint density at radius 2 is 1.23 bits per heavy atom. The van der Waals surface area contributed by atoms with E-state index in [1.165, 1.54) is 21.6 Å². The van der Waals surface area contributed by atoms with E-state index in [0.29, 0.717) is 71.6 Å². The van der Waals surface area contributed by atoms with Crippen LogP contribution in [0.5, 0.6) is 23.0 Å². The van der Waals surface area contributed by atoms with Crippen molar-refractivity contribution in [3.8, 4) is 23.0 Å². The molecule has 5 aromatic rings. The Labute approximate surface area is 465 Å². The fourth-order valence-corrected chi connectivity index (χ4v) is 14.6. The molecule has 9 rings (SSSR count). The standard InChI is InChI=1S/C58H68N6O11S3/c1-9-59-31-49(65)54(78(69,70)73-8)19-21-76-77-58(2,3)20-18-55(66)60-40-23-36(34-74-52-29-47-43(27-50(52)71-6)56(67)63-41(32-61(47)4)25-38-14-10-12-16-45(38)63)22-37(24-40)35-75-53-30-48-44(28-51(53)72-7)57(68)64-42(33-62(48)5)26-39-15-11-13-17-46(39)64/h10-17,22-24,27-30,41-42,54,59H,9,18-21,25-26,31-35H2,1-8H3,(H,60,66)/t41-,42-,54?/m0/s1. The number of anilines is 5. The Bertz CT molecular complexity index is 3050. The van der Waals surface area contributed by atoms with Crippen molar-refractivity contribution in [2.45, 2.75) is 88.2 Å². The van der Waals surface area contributed by atoms with Gasteiger partial charge in [0.1, 0.15) is 18.5 Å². The maximum Gasteiger partial charge on any atom is 0.277 e. The molecule has 17 nitrogen and oxygen atoms in total. The average Bonchev–Trinajstić information content (AvgIpc) is 4.02. The molecule has 4 heterocycles. The minimum atomic E-state index is -4.06. The number of methoxy groups -OCH3 is 2. The van der Waals surface area contributed by atoms with Crippen LogP contribution in [0.4, 0.5) is 28.4 Å². The number of nitrogens with zero attached hydrogens (tertiary/aromatic N) is 4. The van der Waals surface area contributed by atoms with Crippen LogP contribution in [0.25, 0.3) is 0 Å². The zero-order chi connectivity index (χ0) is 55.5. The van der Waals surface area contributed by atoms with Gasteiger partial charge in [-0.05, 0) is 111 Å². The van der Waals surface area contributed by atoms with Crippen molar-refractivity contribution in [1.29, 1.82) is 0 Å². The van der Waals surface area contributed by atoms with Crippen molar-refractivity contribution in [2.75, 3.05) is 92.3 Å². The van der Waals surface area contributed by atoms with E-state index in [1.807, 2.05) is 111 Å². The number of ether oxygens (including phenoxy) is 4. The van der Waals surface area contributed by atoms with Gasteiger partial charge in [0, 0.05) is 73.3 Å². The number of carbonyl (C=O) groups is 4. The van der Waals surface area contributed by atoms with Gasteiger partial charge in [0.25, 0.3) is 21.9 Å². The molecule has 1 unspecified atom stereocenters. The van der Waals surface area contributed by atoms with Gasteiger partial charge in [0.05, 0.1) is 62.5 Å². The van der Waals surface area contributed by atoms with Gasteiger partial charge in [-0.1, -0.05) is 64.9 Å². The molecule has 4 aliphatic rings. The minimum Gasteiger partial charge on any atom is -0.493 e. The SMILES string of the molecule is CCNCC(=O)C(CCSSC(C)(C)CCC(=O)Nc1cc(COc2cc3c(cc2OC)C(=O)N2c4ccccc4C[C@H]2CN3C)cc(COc2cc3c(cc2OC)C(=O)N2c4ccccc4C[C@H]2CN3C)c1)S(=O)(=O)OC. The van der Waals surface area contributed by atoms with Gasteiger partial charge in [-0.3, -0.25) is 23.4 Å². The number of Topliss-reactive ketones (excluding diaryl/α,β-unsaturated/α-hetero) is 1. The number of hydrogen-bond donors (Lipinski definition) is 2. The van der Waals surface area contributed by atoms with Crippen LogP contribution in [0, 0.1) is 0 Å². The van der Waals surface area contributed by atoms with Gasteiger partial charge < -0.3 is 49.2 Å². The molecular formula is C58H68N6O11S3. The first-order valence-corrected chi connectivity index (χ1v) is 29.9. The lowest BCUT2D eigenvalue weighted by atomic mass is 10.1. The Balaban J connectivity index is 0.932. The van der Waals surface area contributed by atoms with E-state index < -0.39 is 25.9 Å². The molecule has 414 valence electrons. The molecule has 20 heteroatoms. The highest BCUT2D eigenvalue weighted by Gasteiger charge is 2.41. The first-order chi connectivity index (χ1) is 37.4. The number of fused-ring (bicyclic) bond motifs is 8. The normalized spacial score (nSPS) is 17.0. The summed E-state index contributed by atoms with van der Waals surface area (Å²) in [5.74, 6) is 1.20. The van der Waals surface area contributed by atoms with Gasteiger partial charge in [-0.15, -0.1) is 0 Å². The van der Waals surface area contributed by atoms with Crippen LogP contribution in [0.15, 0.2) is 91.0 Å². The number of para-hydroxylation sites is 2. The van der Waals surface area contributed by atoms with Gasteiger partial charge in [-0.2, -0.15) is 8.42 Å². The third-order valence-electron chi connectivity index (χ3n) is 14.7. The Kier molecular flexibility index (Phi) is 17.2. The first-order valence-electron chi connectivity index (χ1n) is 26.1. The second-order valence-electron chi connectivity index (χ2n) is 20.6. The molecule has 0 bridgehead atoms. The van der Waals surface area contributed by atoms with Crippen molar-refractivity contribution in [3.63, 3.8) is 0 Å². The lowest BCUT2D eigenvalue weighted by molar-refractivity contribution is -0.118. The number of likely N-dealkylation sites (N-methyl/N-ethyl adjacent to an activating group) is 3. The smallest absolute Gasteiger partial charge is 0.277 e. The summed E-state index contributed by atoms with van der Waals surface area (Å²) in [6.45, 7) is 7.71. The molecule has 0 radical (unpaired) electrons. The average molecular weight is 1120 g/mol. The molecule has 4 aliphatic heterocycles. The summed E-state index contributed by atoms with van der Waals surface area (Å²) >= 11 is 0. The van der Waals surface area contributed by atoms with Crippen molar-refractivity contribution < 1.29 is 50.7 Å². The van der Waals surface area contributed by atoms with E-state index in [9.17, 15) is 27.6 Å². The molecule has 2 N–H and O–H groups in total. The monoisotopic (exact) mass is 1120 g/mol. The van der Waals surface area contributed by atoms with Crippen molar-refractivity contribution in [1.82, 2.24) is 5.32 Å². The number of ketones is 1. The van der Waals surface area contributed by atoms with Crippen LogP contribution in [0.3, 0.4) is 0 Å². The zero-order valence-corrected chi connectivity index (χ0v) is 47.8. The number of carbonyl (C=O) groups excluding carboxylic acids is 4. The topological polar surface area (TPSA) is 186 Å². The predicted octanol–water partition coefficient (Wildman–Crippen LogP) is 8.70. The van der Waals surface area contributed by atoms with Crippen molar-refractivity contribution in [3.05, 3.63) is 124 Å². The van der Waals surface area contributed by atoms with E-state index >= 15 is 0 Å². The van der Waals surface area contributed by atoms with Crippen LogP contribution in [-0.4, -0.2) is 121 Å². The highest BCUT2D eigenvalue weighted by atomic mass is 33.1. The van der Waals surface area contributed by atoms with Crippen molar-refractivity contribution in [2.24, 2.45) is 0 Å². The molecular weight excluding hydrogens is 1050 g/mol. The molecule has 0 aromatic heterocycles. The minimum absolute atomic E-state index is 0.0337. The molecule has 3 amide bonds. The first kappa shape index (κ1) is 56.3. The summed E-state index contributed by atoms with van der Waals surface area (Å²) in [5.41, 5.74) is 8.56. The maximum absolute atomic E-state index is 14.3. The molecule has 0 saturated heterocycles. The zero-order valence-electron chi connectivity index (χ0n) is 45.4. The predicted molar refractivity (Wildman–Crippen MR) is 309 cm³/mol. The molecule has 78 heavy (non-hydrogen) atoms. The third-order valence-corrected chi connectivity index (χ3v) is 19.8. The van der Waals surface area contributed by atoms with Gasteiger partial charge in [0.15, 0.2) is 28.8 Å². The fraction of sp³-hybridized carbons (Fsp3) is 0.414. The highest BCUT2D eigenvalue weighted by molar-refractivity contribution is 8.77. The van der Waals surface area contributed by atoms with Crippen LogP contribution in [-0.2, 0) is 49.9 Å². The third kappa shape index (κ3) is 12.1. The molecule has 0 aliphatic carbocycles. The van der Waals surface area contributed by atoms with Crippen molar-refractivity contribution >= 4 is 83.6 Å². The summed E-state index contributed by atoms with van der Waals surface area (Å²) in [4.78, 5) is 63.2. The molecule has 0 spiro atoms. The molecule has 3 atom stereocenters. The Morgan fingerprint density at radius 1 is 0.718 bits per heavy atom. The second-order valence-corrected chi connectivity index (χ2v) is 25.6.